The van der Waals surface area contributed by atoms with Crippen molar-refractivity contribution in [2.75, 3.05) is 26.2 Å². The van der Waals surface area contributed by atoms with Crippen LogP contribution in [0.15, 0.2) is 29.6 Å². The van der Waals surface area contributed by atoms with Crippen molar-refractivity contribution in [2.24, 2.45) is 5.73 Å². The highest BCUT2D eigenvalue weighted by atomic mass is 35.5. The molecule has 0 radical (unpaired) electrons. The molecule has 2 N–H and O–H groups in total. The van der Waals surface area contributed by atoms with Crippen LogP contribution in [0.3, 0.4) is 0 Å². The quantitative estimate of drug-likeness (QED) is 0.701. The van der Waals surface area contributed by atoms with E-state index in [9.17, 15) is 9.18 Å². The van der Waals surface area contributed by atoms with Crippen LogP contribution in [0.5, 0.6) is 0 Å². The lowest BCUT2D eigenvalue weighted by molar-refractivity contribution is 0.00831. The lowest BCUT2D eigenvalue weighted by atomic mass is 10.1. The van der Waals surface area contributed by atoms with E-state index in [1.54, 1.807) is 28.5 Å². The first-order valence-electron chi connectivity index (χ1n) is 8.50. The van der Waals surface area contributed by atoms with Crippen LogP contribution in [-0.4, -0.2) is 48.1 Å². The second kappa shape index (κ2) is 11.6. The molecule has 0 aliphatic carbocycles. The minimum atomic E-state index is -0.328. The first kappa shape index (κ1) is 23.8. The molecule has 150 valence electrons. The Balaban J connectivity index is 0.00000182. The van der Waals surface area contributed by atoms with Crippen molar-refractivity contribution >= 4 is 42.1 Å². The molecule has 0 spiro atoms. The molecule has 3 rings (SSSR count). The summed E-state index contributed by atoms with van der Waals surface area (Å²) in [4.78, 5) is 18.7. The second-order valence-electron chi connectivity index (χ2n) is 6.02. The van der Waals surface area contributed by atoms with Gasteiger partial charge in [-0.3, -0.25) is 4.79 Å². The smallest absolute Gasteiger partial charge is 0.273 e. The highest BCUT2D eigenvalue weighted by Crippen LogP contribution is 2.27. The number of halogens is 3. The van der Waals surface area contributed by atoms with Gasteiger partial charge in [0.1, 0.15) is 16.5 Å². The number of rotatable bonds is 6. The fourth-order valence-electron chi connectivity index (χ4n) is 2.85. The zero-order chi connectivity index (χ0) is 17.6. The van der Waals surface area contributed by atoms with Crippen LogP contribution in [0.25, 0.3) is 10.6 Å². The van der Waals surface area contributed by atoms with E-state index < -0.39 is 0 Å². The molecule has 1 amide bonds. The summed E-state index contributed by atoms with van der Waals surface area (Å²) in [6, 6.07) is 6.47. The Labute approximate surface area is 174 Å². The molecule has 1 saturated heterocycles. The van der Waals surface area contributed by atoms with Crippen LogP contribution < -0.4 is 5.73 Å². The fourth-order valence-corrected chi connectivity index (χ4v) is 3.67. The normalized spacial score (nSPS) is 14.4. The van der Waals surface area contributed by atoms with Gasteiger partial charge in [-0.25, -0.2) is 9.37 Å². The highest BCUT2D eigenvalue weighted by molar-refractivity contribution is 7.13. The number of nitrogens with zero attached hydrogens (tertiary/aromatic N) is 2. The fraction of sp³-hybridized carbons (Fsp3) is 0.444. The Hall–Kier alpha value is -1.25. The maximum Gasteiger partial charge on any atom is 0.273 e. The van der Waals surface area contributed by atoms with Crippen LogP contribution in [-0.2, 0) is 4.74 Å². The van der Waals surface area contributed by atoms with Crippen molar-refractivity contribution in [3.63, 3.8) is 0 Å². The van der Waals surface area contributed by atoms with Crippen molar-refractivity contribution in [1.29, 1.82) is 0 Å². The molecule has 1 aromatic carbocycles. The molecule has 1 aromatic heterocycles. The van der Waals surface area contributed by atoms with Crippen LogP contribution in [0.4, 0.5) is 4.39 Å². The van der Waals surface area contributed by atoms with E-state index in [0.717, 1.165) is 19.3 Å². The minimum absolute atomic E-state index is 0. The predicted molar refractivity (Wildman–Crippen MR) is 111 cm³/mol. The number of piperidine rings is 1. The summed E-state index contributed by atoms with van der Waals surface area (Å²) in [6.45, 7) is 2.61. The molecule has 1 aliphatic heterocycles. The van der Waals surface area contributed by atoms with E-state index in [0.29, 0.717) is 42.5 Å². The van der Waals surface area contributed by atoms with Gasteiger partial charge in [0.25, 0.3) is 5.91 Å². The first-order chi connectivity index (χ1) is 12.2. The van der Waals surface area contributed by atoms with Crippen LogP contribution >= 0.6 is 36.2 Å². The van der Waals surface area contributed by atoms with Gasteiger partial charge < -0.3 is 15.4 Å². The summed E-state index contributed by atoms with van der Waals surface area (Å²) in [6.07, 6.45) is 2.69. The molecule has 1 fully saturated rings. The van der Waals surface area contributed by atoms with Crippen molar-refractivity contribution in [3.05, 3.63) is 41.2 Å². The highest BCUT2D eigenvalue weighted by Gasteiger charge is 2.25. The molecule has 27 heavy (non-hydrogen) atoms. The summed E-state index contributed by atoms with van der Waals surface area (Å²) >= 11 is 1.29. The average molecular weight is 436 g/mol. The molecule has 0 unspecified atom stereocenters. The number of hydrogen-bond donors (Lipinski definition) is 1. The Kier molecular flexibility index (Phi) is 10.2. The van der Waals surface area contributed by atoms with Crippen LogP contribution in [0.1, 0.15) is 29.8 Å². The van der Waals surface area contributed by atoms with E-state index in [-0.39, 0.29) is 42.6 Å². The lowest BCUT2D eigenvalue weighted by Gasteiger charge is -2.31. The molecule has 9 heteroatoms. The summed E-state index contributed by atoms with van der Waals surface area (Å²) in [5.41, 5.74) is 6.27. The standard InChI is InChI=1S/C18H22FN3O2S.2ClH/c19-15-5-2-1-4-14(15)17-21-16(12-25-17)18(23)22-9-6-13(7-10-22)24-11-3-8-20;;/h1-2,4-5,12-13H,3,6-11,20H2;2*1H. The molecule has 0 bridgehead atoms. The third-order valence-electron chi connectivity index (χ3n) is 4.26. The maximum atomic E-state index is 13.9. The Morgan fingerprint density at radius 2 is 2.00 bits per heavy atom. The van der Waals surface area contributed by atoms with E-state index in [2.05, 4.69) is 4.98 Å². The Morgan fingerprint density at radius 1 is 1.30 bits per heavy atom. The molecule has 2 aromatic rings. The summed E-state index contributed by atoms with van der Waals surface area (Å²) in [5.74, 6) is -0.425. The van der Waals surface area contributed by atoms with E-state index in [1.165, 1.54) is 17.4 Å². The third kappa shape index (κ3) is 6.12. The van der Waals surface area contributed by atoms with E-state index in [1.807, 2.05) is 0 Å². The Bertz CT molecular complexity index is 724. The largest absolute Gasteiger partial charge is 0.378 e. The van der Waals surface area contributed by atoms with Crippen molar-refractivity contribution in [1.82, 2.24) is 9.88 Å². The average Bonchev–Trinajstić information content (AvgIpc) is 3.12. The first-order valence-corrected chi connectivity index (χ1v) is 9.38. The number of carbonyl (C=O) groups is 1. The van der Waals surface area contributed by atoms with Gasteiger partial charge in [0, 0.05) is 30.6 Å². The molecule has 0 atom stereocenters. The van der Waals surface area contributed by atoms with Gasteiger partial charge in [-0.2, -0.15) is 0 Å². The monoisotopic (exact) mass is 435 g/mol. The molecule has 5 nitrogen and oxygen atoms in total. The topological polar surface area (TPSA) is 68.5 Å². The van der Waals surface area contributed by atoms with E-state index in [4.69, 9.17) is 10.5 Å². The summed E-state index contributed by atoms with van der Waals surface area (Å²) in [7, 11) is 0. The third-order valence-corrected chi connectivity index (χ3v) is 5.13. The van der Waals surface area contributed by atoms with Crippen LogP contribution in [0, 0.1) is 5.82 Å². The summed E-state index contributed by atoms with van der Waals surface area (Å²) < 4.78 is 19.6. The van der Waals surface area contributed by atoms with Gasteiger partial charge in [-0.05, 0) is 37.9 Å². The number of ether oxygens (including phenoxy) is 1. The number of nitrogens with two attached hydrogens (primary N) is 1. The van der Waals surface area contributed by atoms with Crippen molar-refractivity contribution in [3.8, 4) is 10.6 Å². The molecular formula is C18H24Cl2FN3O2S. The number of aromatic nitrogens is 1. The number of likely N-dealkylation sites (tertiary alicyclic amines) is 1. The predicted octanol–water partition coefficient (Wildman–Crippen LogP) is 3.76. The number of benzene rings is 1. The molecule has 1 aliphatic rings. The number of hydrogen-bond acceptors (Lipinski definition) is 5. The SMILES string of the molecule is Cl.Cl.NCCCOC1CCN(C(=O)c2csc(-c3ccccc3F)n2)CC1. The number of thiazole rings is 1. The Morgan fingerprint density at radius 3 is 2.67 bits per heavy atom. The zero-order valence-corrected chi connectivity index (χ0v) is 17.3. The lowest BCUT2D eigenvalue weighted by Crippen LogP contribution is -2.41. The van der Waals surface area contributed by atoms with Gasteiger partial charge in [-0.1, -0.05) is 12.1 Å². The van der Waals surface area contributed by atoms with Gasteiger partial charge in [-0.15, -0.1) is 36.2 Å². The van der Waals surface area contributed by atoms with Gasteiger partial charge in [0.05, 0.1) is 6.10 Å². The van der Waals surface area contributed by atoms with Crippen molar-refractivity contribution in [2.45, 2.75) is 25.4 Å². The maximum absolute atomic E-state index is 13.9. The minimum Gasteiger partial charge on any atom is -0.378 e. The van der Waals surface area contributed by atoms with Gasteiger partial charge >= 0.3 is 0 Å². The van der Waals surface area contributed by atoms with E-state index >= 15 is 0 Å². The number of amides is 1. The molecule has 0 saturated carbocycles. The zero-order valence-electron chi connectivity index (χ0n) is 14.8. The van der Waals surface area contributed by atoms with Gasteiger partial charge in [0.2, 0.25) is 0 Å². The number of carbonyl (C=O) groups excluding carboxylic acids is 1. The molecule has 2 heterocycles. The second-order valence-corrected chi connectivity index (χ2v) is 6.88. The van der Waals surface area contributed by atoms with Crippen LogP contribution in [0.2, 0.25) is 0 Å². The van der Waals surface area contributed by atoms with Crippen molar-refractivity contribution < 1.29 is 13.9 Å². The molecular weight excluding hydrogens is 412 g/mol. The summed E-state index contributed by atoms with van der Waals surface area (Å²) in [5, 5.41) is 2.23. The van der Waals surface area contributed by atoms with Gasteiger partial charge in [0.15, 0.2) is 0 Å².